The first-order valence-corrected chi connectivity index (χ1v) is 11.1. The Morgan fingerprint density at radius 1 is 1.03 bits per heavy atom. The second kappa shape index (κ2) is 9.82. The number of likely N-dealkylation sites (tertiary alicyclic amines) is 1. The molecule has 34 heavy (non-hydrogen) atoms. The van der Waals surface area contributed by atoms with Crippen LogP contribution in [0.2, 0.25) is 0 Å². The Labute approximate surface area is 197 Å². The molecule has 2 aromatic carbocycles. The smallest absolute Gasteiger partial charge is 0.266 e. The summed E-state index contributed by atoms with van der Waals surface area (Å²) in [5.41, 5.74) is 1.09. The molecule has 1 aliphatic rings. The molecule has 8 heteroatoms. The van der Waals surface area contributed by atoms with Crippen molar-refractivity contribution >= 4 is 28.3 Å². The van der Waals surface area contributed by atoms with Crippen LogP contribution in [0.1, 0.15) is 29.6 Å². The Bertz CT molecular complexity index is 1320. The van der Waals surface area contributed by atoms with Crippen molar-refractivity contribution < 1.29 is 19.1 Å². The molecule has 0 saturated carbocycles. The zero-order valence-electron chi connectivity index (χ0n) is 19.3. The summed E-state index contributed by atoms with van der Waals surface area (Å²) < 4.78 is 12.4. The highest BCUT2D eigenvalue weighted by atomic mass is 16.5. The summed E-state index contributed by atoms with van der Waals surface area (Å²) >= 11 is 0. The fraction of sp³-hybridized carbons (Fsp3) is 0.269. The molecule has 0 bridgehead atoms. The van der Waals surface area contributed by atoms with Crippen molar-refractivity contribution in [1.29, 1.82) is 0 Å². The Morgan fingerprint density at radius 2 is 1.76 bits per heavy atom. The number of pyridine rings is 1. The van der Waals surface area contributed by atoms with Gasteiger partial charge in [-0.1, -0.05) is 12.6 Å². The lowest BCUT2D eigenvalue weighted by Crippen LogP contribution is -2.35. The monoisotopic (exact) mass is 461 g/mol. The molecule has 1 aliphatic heterocycles. The minimum Gasteiger partial charge on any atom is -0.496 e. The van der Waals surface area contributed by atoms with E-state index in [2.05, 4.69) is 11.9 Å². The highest BCUT2D eigenvalue weighted by Crippen LogP contribution is 2.38. The van der Waals surface area contributed by atoms with Gasteiger partial charge in [0.2, 0.25) is 5.91 Å². The van der Waals surface area contributed by atoms with E-state index in [1.807, 2.05) is 4.90 Å². The van der Waals surface area contributed by atoms with Crippen LogP contribution < -0.4 is 20.3 Å². The predicted octanol–water partition coefficient (Wildman–Crippen LogP) is 3.76. The van der Waals surface area contributed by atoms with Crippen LogP contribution in [0.15, 0.2) is 60.0 Å². The maximum atomic E-state index is 13.6. The number of amides is 2. The zero-order valence-corrected chi connectivity index (χ0v) is 19.3. The van der Waals surface area contributed by atoms with Gasteiger partial charge in [0, 0.05) is 42.0 Å². The molecule has 0 unspecified atom stereocenters. The number of methoxy groups -OCH3 is 2. The lowest BCUT2D eigenvalue weighted by Gasteiger charge is -2.26. The molecule has 1 N–H and O–H groups in total. The third-order valence-electron chi connectivity index (χ3n) is 6.00. The van der Waals surface area contributed by atoms with Gasteiger partial charge < -0.3 is 19.7 Å². The SMILES string of the molecule is C=CC(=O)Nc1c(OC)cc(OC)c2c(=O)n(-c3cccc(C(=O)N4CCCCC4)c3)ccc12. The first-order chi connectivity index (χ1) is 16.5. The van der Waals surface area contributed by atoms with E-state index in [1.54, 1.807) is 42.6 Å². The molecule has 0 radical (unpaired) electrons. The minimum atomic E-state index is -0.433. The Balaban J connectivity index is 1.84. The fourth-order valence-corrected chi connectivity index (χ4v) is 4.28. The molecule has 1 fully saturated rings. The average Bonchev–Trinajstić information content (AvgIpc) is 2.89. The third kappa shape index (κ3) is 4.26. The minimum absolute atomic E-state index is 0.0351. The number of anilines is 1. The van der Waals surface area contributed by atoms with Gasteiger partial charge in [-0.2, -0.15) is 0 Å². The Hall–Kier alpha value is -4.07. The van der Waals surface area contributed by atoms with Crippen LogP contribution in [0.4, 0.5) is 5.69 Å². The van der Waals surface area contributed by atoms with Crippen LogP contribution in [-0.4, -0.2) is 48.6 Å². The highest BCUT2D eigenvalue weighted by Gasteiger charge is 2.21. The van der Waals surface area contributed by atoms with Crippen molar-refractivity contribution in [3.8, 4) is 17.2 Å². The van der Waals surface area contributed by atoms with Gasteiger partial charge in [0.1, 0.15) is 11.5 Å². The van der Waals surface area contributed by atoms with Crippen LogP contribution in [0.25, 0.3) is 16.5 Å². The number of nitrogens with zero attached hydrogens (tertiary/aromatic N) is 2. The second-order valence-electron chi connectivity index (χ2n) is 8.03. The van der Waals surface area contributed by atoms with E-state index >= 15 is 0 Å². The van der Waals surface area contributed by atoms with Crippen molar-refractivity contribution in [3.05, 3.63) is 71.2 Å². The van der Waals surface area contributed by atoms with Gasteiger partial charge in [0.05, 0.1) is 25.3 Å². The topological polar surface area (TPSA) is 89.9 Å². The molecule has 3 aromatic rings. The van der Waals surface area contributed by atoms with Gasteiger partial charge in [0.15, 0.2) is 0 Å². The van der Waals surface area contributed by atoms with E-state index in [0.29, 0.717) is 33.8 Å². The van der Waals surface area contributed by atoms with Crippen molar-refractivity contribution in [3.63, 3.8) is 0 Å². The van der Waals surface area contributed by atoms with Gasteiger partial charge >= 0.3 is 0 Å². The van der Waals surface area contributed by atoms with E-state index in [9.17, 15) is 14.4 Å². The molecule has 1 aromatic heterocycles. The molecular weight excluding hydrogens is 434 g/mol. The van der Waals surface area contributed by atoms with Crippen LogP contribution in [0.3, 0.4) is 0 Å². The quantitative estimate of drug-likeness (QED) is 0.565. The highest BCUT2D eigenvalue weighted by molar-refractivity contribution is 6.09. The number of carbonyl (C=O) groups is 2. The molecule has 0 atom stereocenters. The second-order valence-corrected chi connectivity index (χ2v) is 8.03. The summed E-state index contributed by atoms with van der Waals surface area (Å²) in [4.78, 5) is 40.5. The van der Waals surface area contributed by atoms with E-state index in [-0.39, 0.29) is 16.9 Å². The lowest BCUT2D eigenvalue weighted by atomic mass is 10.1. The largest absolute Gasteiger partial charge is 0.496 e. The number of nitrogens with one attached hydrogen (secondary N) is 1. The summed E-state index contributed by atoms with van der Waals surface area (Å²) in [6, 6.07) is 10.3. The molecular formula is C26H27N3O5. The van der Waals surface area contributed by atoms with Crippen molar-refractivity contribution in [1.82, 2.24) is 9.47 Å². The van der Waals surface area contributed by atoms with Gasteiger partial charge in [-0.3, -0.25) is 19.0 Å². The summed E-state index contributed by atoms with van der Waals surface area (Å²) in [6.07, 6.45) is 5.89. The van der Waals surface area contributed by atoms with Crippen molar-refractivity contribution in [2.24, 2.45) is 0 Å². The Morgan fingerprint density at radius 3 is 2.44 bits per heavy atom. The first-order valence-electron chi connectivity index (χ1n) is 11.1. The summed E-state index contributed by atoms with van der Waals surface area (Å²) in [7, 11) is 2.93. The molecule has 0 spiro atoms. The standard InChI is InChI=1S/C26H27N3O5/c1-4-22(30)27-24-19-11-14-29(26(32)23(19)20(33-2)16-21(24)34-3)18-10-8-9-17(15-18)25(31)28-12-6-5-7-13-28/h4,8-11,14-16H,1,5-7,12-13H2,2-3H3,(H,27,30). The van der Waals surface area contributed by atoms with Crippen molar-refractivity contribution in [2.45, 2.75) is 19.3 Å². The summed E-state index contributed by atoms with van der Waals surface area (Å²) in [6.45, 7) is 4.97. The van der Waals surface area contributed by atoms with Crippen LogP contribution in [-0.2, 0) is 4.79 Å². The number of rotatable bonds is 6. The van der Waals surface area contributed by atoms with Crippen LogP contribution in [0.5, 0.6) is 11.5 Å². The van der Waals surface area contributed by atoms with Gasteiger partial charge in [-0.25, -0.2) is 0 Å². The van der Waals surface area contributed by atoms with Crippen molar-refractivity contribution in [2.75, 3.05) is 32.6 Å². The van der Waals surface area contributed by atoms with Gasteiger partial charge in [-0.05, 0) is 49.6 Å². The van der Waals surface area contributed by atoms with E-state index in [1.165, 1.54) is 18.8 Å². The Kier molecular flexibility index (Phi) is 6.67. The number of benzene rings is 2. The lowest BCUT2D eigenvalue weighted by molar-refractivity contribution is -0.111. The normalized spacial score (nSPS) is 13.4. The molecule has 4 rings (SSSR count). The van der Waals surface area contributed by atoms with Crippen LogP contribution >= 0.6 is 0 Å². The number of hydrogen-bond acceptors (Lipinski definition) is 5. The third-order valence-corrected chi connectivity index (χ3v) is 6.00. The maximum absolute atomic E-state index is 13.6. The zero-order chi connectivity index (χ0) is 24.2. The molecule has 1 saturated heterocycles. The van der Waals surface area contributed by atoms with E-state index in [4.69, 9.17) is 9.47 Å². The molecule has 176 valence electrons. The molecule has 8 nitrogen and oxygen atoms in total. The number of fused-ring (bicyclic) bond motifs is 1. The number of carbonyl (C=O) groups excluding carboxylic acids is 2. The maximum Gasteiger partial charge on any atom is 0.266 e. The van der Waals surface area contributed by atoms with Crippen LogP contribution in [0, 0.1) is 0 Å². The summed E-state index contributed by atoms with van der Waals surface area (Å²) in [5.74, 6) is 0.194. The number of hydrogen-bond donors (Lipinski definition) is 1. The van der Waals surface area contributed by atoms with E-state index in [0.717, 1.165) is 38.4 Å². The van der Waals surface area contributed by atoms with E-state index < -0.39 is 5.91 Å². The first kappa shape index (κ1) is 23.1. The summed E-state index contributed by atoms with van der Waals surface area (Å²) in [5, 5.41) is 3.46. The average molecular weight is 462 g/mol. The van der Waals surface area contributed by atoms with Gasteiger partial charge in [0.25, 0.3) is 11.5 Å². The number of piperidine rings is 1. The number of aromatic nitrogens is 1. The molecule has 0 aliphatic carbocycles. The number of ether oxygens (including phenoxy) is 2. The van der Waals surface area contributed by atoms with Gasteiger partial charge in [-0.15, -0.1) is 0 Å². The molecule has 2 amide bonds. The predicted molar refractivity (Wildman–Crippen MR) is 131 cm³/mol. The molecule has 2 heterocycles. The fourth-order valence-electron chi connectivity index (χ4n) is 4.28.